The number of anilines is 1. The largest absolute Gasteiger partial charge is 0.508 e. The molecular formula is C15H17ClN2O. The molecule has 1 unspecified atom stereocenters. The van der Waals surface area contributed by atoms with Crippen molar-refractivity contribution in [2.45, 2.75) is 26.3 Å². The highest BCUT2D eigenvalue weighted by molar-refractivity contribution is 6.31. The topological polar surface area (TPSA) is 45.2 Å². The van der Waals surface area contributed by atoms with Gasteiger partial charge in [-0.1, -0.05) is 30.7 Å². The summed E-state index contributed by atoms with van der Waals surface area (Å²) in [6, 6.07) is 9.33. The number of benzene rings is 1. The van der Waals surface area contributed by atoms with Gasteiger partial charge in [0.15, 0.2) is 5.15 Å². The van der Waals surface area contributed by atoms with Crippen LogP contribution in [0.25, 0.3) is 0 Å². The van der Waals surface area contributed by atoms with Crippen molar-refractivity contribution in [3.05, 3.63) is 52.8 Å². The Morgan fingerprint density at radius 2 is 2.00 bits per heavy atom. The van der Waals surface area contributed by atoms with Crippen LogP contribution in [0, 0.1) is 6.92 Å². The molecule has 0 bridgehead atoms. The molecule has 3 nitrogen and oxygen atoms in total. The molecule has 0 aliphatic carbocycles. The average molecular weight is 277 g/mol. The molecule has 2 rings (SSSR count). The summed E-state index contributed by atoms with van der Waals surface area (Å²) in [7, 11) is 0. The summed E-state index contributed by atoms with van der Waals surface area (Å²) in [5.41, 5.74) is 3.01. The van der Waals surface area contributed by atoms with Crippen LogP contribution in [-0.2, 0) is 0 Å². The van der Waals surface area contributed by atoms with Gasteiger partial charge in [0, 0.05) is 6.20 Å². The van der Waals surface area contributed by atoms with E-state index < -0.39 is 0 Å². The van der Waals surface area contributed by atoms with E-state index in [-0.39, 0.29) is 11.8 Å². The first-order valence-corrected chi connectivity index (χ1v) is 6.65. The number of rotatable bonds is 4. The van der Waals surface area contributed by atoms with Gasteiger partial charge in [0.2, 0.25) is 0 Å². The second kappa shape index (κ2) is 5.93. The lowest BCUT2D eigenvalue weighted by molar-refractivity contribution is 0.475. The molecule has 0 amide bonds. The molecule has 0 spiro atoms. The second-order valence-corrected chi connectivity index (χ2v) is 4.91. The third-order valence-electron chi connectivity index (χ3n) is 3.01. The van der Waals surface area contributed by atoms with E-state index in [1.807, 2.05) is 25.1 Å². The number of hydrogen-bond acceptors (Lipinski definition) is 3. The summed E-state index contributed by atoms with van der Waals surface area (Å²) >= 11 is 6.10. The number of pyridine rings is 1. The Morgan fingerprint density at radius 3 is 2.63 bits per heavy atom. The molecule has 1 heterocycles. The molecule has 2 N–H and O–H groups in total. The van der Waals surface area contributed by atoms with Gasteiger partial charge in [-0.25, -0.2) is 4.98 Å². The fourth-order valence-corrected chi connectivity index (χ4v) is 2.13. The molecule has 0 saturated carbocycles. The van der Waals surface area contributed by atoms with Crippen LogP contribution in [0.15, 0.2) is 36.5 Å². The molecule has 0 aliphatic heterocycles. The van der Waals surface area contributed by atoms with Crippen molar-refractivity contribution in [1.29, 1.82) is 0 Å². The van der Waals surface area contributed by atoms with Gasteiger partial charge in [-0.2, -0.15) is 0 Å². The lowest BCUT2D eigenvalue weighted by atomic mass is 10.0. The standard InChI is InChI=1S/C15H17ClN2O/c1-3-13(11-4-6-12(19)7-5-11)18-14-8-10(2)9-17-15(14)16/h4-9,13,18-19H,3H2,1-2H3. The second-order valence-electron chi connectivity index (χ2n) is 4.55. The van der Waals surface area contributed by atoms with Gasteiger partial charge in [0.1, 0.15) is 5.75 Å². The van der Waals surface area contributed by atoms with Crippen LogP contribution < -0.4 is 5.32 Å². The molecule has 1 atom stereocenters. The fourth-order valence-electron chi connectivity index (χ4n) is 1.97. The third kappa shape index (κ3) is 3.38. The van der Waals surface area contributed by atoms with E-state index in [0.717, 1.165) is 23.2 Å². The SMILES string of the molecule is CCC(Nc1cc(C)cnc1Cl)c1ccc(O)cc1. The predicted octanol–water partition coefficient (Wildman–Crippen LogP) is 4.31. The summed E-state index contributed by atoms with van der Waals surface area (Å²) in [4.78, 5) is 4.14. The summed E-state index contributed by atoms with van der Waals surface area (Å²) in [5.74, 6) is 0.272. The lowest BCUT2D eigenvalue weighted by Crippen LogP contribution is -2.10. The van der Waals surface area contributed by atoms with Crippen molar-refractivity contribution in [3.63, 3.8) is 0 Å². The first-order chi connectivity index (χ1) is 9.10. The molecule has 1 aromatic heterocycles. The normalized spacial score (nSPS) is 12.2. The van der Waals surface area contributed by atoms with Crippen molar-refractivity contribution in [1.82, 2.24) is 4.98 Å². The maximum absolute atomic E-state index is 9.33. The summed E-state index contributed by atoms with van der Waals surface area (Å²) < 4.78 is 0. The highest BCUT2D eigenvalue weighted by Crippen LogP contribution is 2.28. The van der Waals surface area contributed by atoms with Crippen molar-refractivity contribution < 1.29 is 5.11 Å². The van der Waals surface area contributed by atoms with Crippen molar-refractivity contribution in [2.75, 3.05) is 5.32 Å². The monoisotopic (exact) mass is 276 g/mol. The molecule has 0 radical (unpaired) electrons. The number of nitrogens with zero attached hydrogens (tertiary/aromatic N) is 1. The number of phenols is 1. The number of halogens is 1. The van der Waals surface area contributed by atoms with Gasteiger partial charge < -0.3 is 10.4 Å². The van der Waals surface area contributed by atoms with E-state index in [4.69, 9.17) is 11.6 Å². The minimum Gasteiger partial charge on any atom is -0.508 e. The van der Waals surface area contributed by atoms with Gasteiger partial charge in [-0.3, -0.25) is 0 Å². The van der Waals surface area contributed by atoms with Crippen LogP contribution in [0.2, 0.25) is 5.15 Å². The Kier molecular flexibility index (Phi) is 4.27. The van der Waals surface area contributed by atoms with E-state index >= 15 is 0 Å². The molecule has 0 aliphatic rings. The average Bonchev–Trinajstić information content (AvgIpc) is 2.41. The molecule has 19 heavy (non-hydrogen) atoms. The van der Waals surface area contributed by atoms with Gasteiger partial charge in [0.25, 0.3) is 0 Å². The zero-order chi connectivity index (χ0) is 13.8. The smallest absolute Gasteiger partial charge is 0.152 e. The maximum Gasteiger partial charge on any atom is 0.152 e. The van der Waals surface area contributed by atoms with E-state index in [2.05, 4.69) is 17.2 Å². The zero-order valence-electron chi connectivity index (χ0n) is 11.0. The van der Waals surface area contributed by atoms with E-state index in [0.29, 0.717) is 5.15 Å². The van der Waals surface area contributed by atoms with Crippen LogP contribution in [0.5, 0.6) is 5.75 Å². The van der Waals surface area contributed by atoms with Gasteiger partial charge in [0.05, 0.1) is 11.7 Å². The Labute approximate surface area is 118 Å². The minimum absolute atomic E-state index is 0.140. The Balaban J connectivity index is 2.23. The zero-order valence-corrected chi connectivity index (χ0v) is 11.8. The molecule has 100 valence electrons. The Morgan fingerprint density at radius 1 is 1.32 bits per heavy atom. The van der Waals surface area contributed by atoms with E-state index in [9.17, 15) is 5.11 Å². The summed E-state index contributed by atoms with van der Waals surface area (Å²) in [6.07, 6.45) is 2.66. The maximum atomic E-state index is 9.33. The van der Waals surface area contributed by atoms with Crippen LogP contribution in [-0.4, -0.2) is 10.1 Å². The number of nitrogens with one attached hydrogen (secondary N) is 1. The molecular weight excluding hydrogens is 260 g/mol. The van der Waals surface area contributed by atoms with Crippen molar-refractivity contribution >= 4 is 17.3 Å². The van der Waals surface area contributed by atoms with Crippen molar-refractivity contribution in [2.24, 2.45) is 0 Å². The third-order valence-corrected chi connectivity index (χ3v) is 3.31. The molecule has 1 aromatic carbocycles. The summed E-state index contributed by atoms with van der Waals surface area (Å²) in [5, 5.41) is 13.2. The van der Waals surface area contributed by atoms with E-state index in [1.165, 1.54) is 0 Å². The van der Waals surface area contributed by atoms with Crippen LogP contribution >= 0.6 is 11.6 Å². The van der Waals surface area contributed by atoms with Crippen LogP contribution in [0.4, 0.5) is 5.69 Å². The minimum atomic E-state index is 0.140. The molecule has 4 heteroatoms. The van der Waals surface area contributed by atoms with Crippen LogP contribution in [0.3, 0.4) is 0 Å². The predicted molar refractivity (Wildman–Crippen MR) is 78.7 cm³/mol. The first kappa shape index (κ1) is 13.7. The number of aromatic nitrogens is 1. The first-order valence-electron chi connectivity index (χ1n) is 6.27. The highest BCUT2D eigenvalue weighted by atomic mass is 35.5. The van der Waals surface area contributed by atoms with Crippen molar-refractivity contribution in [3.8, 4) is 5.75 Å². The highest BCUT2D eigenvalue weighted by Gasteiger charge is 2.11. The quantitative estimate of drug-likeness (QED) is 0.818. The number of phenolic OH excluding ortho intramolecular Hbond substituents is 1. The lowest BCUT2D eigenvalue weighted by Gasteiger charge is -2.19. The van der Waals surface area contributed by atoms with Crippen LogP contribution in [0.1, 0.15) is 30.5 Å². The fraction of sp³-hybridized carbons (Fsp3) is 0.267. The van der Waals surface area contributed by atoms with Gasteiger partial charge >= 0.3 is 0 Å². The number of aromatic hydroxyl groups is 1. The molecule has 0 saturated heterocycles. The Hall–Kier alpha value is -1.74. The number of aryl methyl sites for hydroxylation is 1. The Bertz CT molecular complexity index is 555. The number of hydrogen-bond donors (Lipinski definition) is 2. The van der Waals surface area contributed by atoms with E-state index in [1.54, 1.807) is 18.3 Å². The van der Waals surface area contributed by atoms with Gasteiger partial charge in [-0.15, -0.1) is 0 Å². The molecule has 0 fully saturated rings. The summed E-state index contributed by atoms with van der Waals surface area (Å²) in [6.45, 7) is 4.08. The molecule has 2 aromatic rings. The van der Waals surface area contributed by atoms with Gasteiger partial charge in [-0.05, 0) is 42.7 Å².